The lowest BCUT2D eigenvalue weighted by atomic mass is 10.0. The predicted octanol–water partition coefficient (Wildman–Crippen LogP) is 1.94. The number of nitrogens with zero attached hydrogens (tertiary/aromatic N) is 3. The van der Waals surface area contributed by atoms with E-state index in [4.69, 9.17) is 5.84 Å². The number of likely N-dealkylation sites (N-methyl/N-ethyl adjacent to an activating group) is 1. The Kier molecular flexibility index (Phi) is 4.68. The smallest absolute Gasteiger partial charge is 0.148 e. The molecule has 1 aliphatic rings. The summed E-state index contributed by atoms with van der Waals surface area (Å²) < 4.78 is 0. The van der Waals surface area contributed by atoms with Crippen molar-refractivity contribution in [3.8, 4) is 0 Å². The molecule has 1 aliphatic carbocycles. The molecule has 0 bridgehead atoms. The Hall–Kier alpha value is -1.40. The van der Waals surface area contributed by atoms with Crippen molar-refractivity contribution < 1.29 is 5.11 Å². The van der Waals surface area contributed by atoms with Crippen molar-refractivity contribution in [3.05, 3.63) is 11.4 Å². The Bertz CT molecular complexity index is 497. The number of anilines is 2. The number of aromatic nitrogens is 2. The topological polar surface area (TPSA) is 87.3 Å². The maximum atomic E-state index is 10.6. The molecule has 0 aliphatic heterocycles. The van der Waals surface area contributed by atoms with Gasteiger partial charge in [-0.2, -0.15) is 0 Å². The first-order valence-electron chi connectivity index (χ1n) is 7.65. The molecule has 21 heavy (non-hydrogen) atoms. The Balaban J connectivity index is 2.30. The molecule has 1 aromatic rings. The van der Waals surface area contributed by atoms with Crippen molar-refractivity contribution in [2.45, 2.75) is 58.0 Å². The number of nitrogens with two attached hydrogens (primary N) is 1. The van der Waals surface area contributed by atoms with Gasteiger partial charge in [0.05, 0.1) is 5.60 Å². The minimum absolute atomic E-state index is 0.222. The second kappa shape index (κ2) is 6.15. The van der Waals surface area contributed by atoms with Gasteiger partial charge < -0.3 is 15.4 Å². The third-order valence-corrected chi connectivity index (χ3v) is 4.22. The lowest BCUT2D eigenvalue weighted by Gasteiger charge is -2.30. The van der Waals surface area contributed by atoms with Crippen molar-refractivity contribution in [2.75, 3.05) is 23.9 Å². The minimum Gasteiger partial charge on any atom is -0.388 e. The van der Waals surface area contributed by atoms with E-state index in [1.807, 2.05) is 18.9 Å². The van der Waals surface area contributed by atoms with Crippen LogP contribution < -0.4 is 16.2 Å². The largest absolute Gasteiger partial charge is 0.388 e. The average molecular weight is 293 g/mol. The van der Waals surface area contributed by atoms with Crippen LogP contribution in [0.2, 0.25) is 0 Å². The van der Waals surface area contributed by atoms with E-state index in [-0.39, 0.29) is 5.92 Å². The maximum absolute atomic E-state index is 10.6. The highest BCUT2D eigenvalue weighted by atomic mass is 16.3. The highest BCUT2D eigenvalue weighted by Gasteiger charge is 2.33. The Morgan fingerprint density at radius 1 is 1.33 bits per heavy atom. The molecule has 0 spiro atoms. The zero-order valence-electron chi connectivity index (χ0n) is 13.5. The van der Waals surface area contributed by atoms with E-state index in [0.717, 1.165) is 42.9 Å². The van der Waals surface area contributed by atoms with E-state index >= 15 is 0 Å². The molecule has 1 heterocycles. The zero-order valence-corrected chi connectivity index (χ0v) is 13.5. The van der Waals surface area contributed by atoms with E-state index in [9.17, 15) is 5.11 Å². The number of hydrazine groups is 1. The lowest BCUT2D eigenvalue weighted by Crippen LogP contribution is -2.40. The molecule has 118 valence electrons. The third kappa shape index (κ3) is 3.44. The van der Waals surface area contributed by atoms with E-state index in [1.165, 1.54) is 0 Å². The average Bonchev–Trinajstić information content (AvgIpc) is 2.84. The van der Waals surface area contributed by atoms with Gasteiger partial charge in [-0.1, -0.05) is 26.7 Å². The normalized spacial score (nSPS) is 17.3. The summed E-state index contributed by atoms with van der Waals surface area (Å²) in [5.41, 5.74) is 2.96. The minimum atomic E-state index is -0.597. The SMILES string of the molecule is Cc1c(NN)nc(C(C)C)nc1N(C)CC1(O)CCCC1. The fourth-order valence-electron chi connectivity index (χ4n) is 3.00. The van der Waals surface area contributed by atoms with Crippen LogP contribution in [-0.4, -0.2) is 34.3 Å². The first kappa shape index (κ1) is 16.0. The second-order valence-electron chi connectivity index (χ2n) is 6.47. The molecule has 0 atom stereocenters. The fraction of sp³-hybridized carbons (Fsp3) is 0.733. The molecule has 0 saturated heterocycles. The van der Waals surface area contributed by atoms with Gasteiger partial charge in [-0.15, -0.1) is 0 Å². The maximum Gasteiger partial charge on any atom is 0.148 e. The van der Waals surface area contributed by atoms with Gasteiger partial charge in [0.15, 0.2) is 0 Å². The Morgan fingerprint density at radius 2 is 1.95 bits per heavy atom. The quantitative estimate of drug-likeness (QED) is 0.568. The molecule has 4 N–H and O–H groups in total. The van der Waals surface area contributed by atoms with Gasteiger partial charge in [-0.25, -0.2) is 15.8 Å². The van der Waals surface area contributed by atoms with Gasteiger partial charge in [0.2, 0.25) is 0 Å². The Labute approximate surface area is 126 Å². The van der Waals surface area contributed by atoms with E-state index in [1.54, 1.807) is 0 Å². The second-order valence-corrected chi connectivity index (χ2v) is 6.47. The molecule has 1 saturated carbocycles. The van der Waals surface area contributed by atoms with Gasteiger partial charge in [-0.05, 0) is 19.8 Å². The molecule has 0 aromatic carbocycles. The molecular weight excluding hydrogens is 266 g/mol. The van der Waals surface area contributed by atoms with Crippen LogP contribution in [0, 0.1) is 6.92 Å². The molecular formula is C15H27N5O. The number of rotatable bonds is 5. The third-order valence-electron chi connectivity index (χ3n) is 4.22. The fourth-order valence-corrected chi connectivity index (χ4v) is 3.00. The number of nitrogen functional groups attached to an aromatic ring is 1. The summed E-state index contributed by atoms with van der Waals surface area (Å²) >= 11 is 0. The van der Waals surface area contributed by atoms with Crippen LogP contribution in [0.15, 0.2) is 0 Å². The number of hydrogen-bond acceptors (Lipinski definition) is 6. The molecule has 1 aromatic heterocycles. The molecule has 1 fully saturated rings. The van der Waals surface area contributed by atoms with Gasteiger partial charge in [-0.3, -0.25) is 0 Å². The zero-order chi connectivity index (χ0) is 15.6. The van der Waals surface area contributed by atoms with Crippen molar-refractivity contribution in [1.29, 1.82) is 0 Å². The van der Waals surface area contributed by atoms with Crippen LogP contribution in [0.1, 0.15) is 56.8 Å². The highest BCUT2D eigenvalue weighted by molar-refractivity contribution is 5.58. The van der Waals surface area contributed by atoms with Crippen molar-refractivity contribution in [1.82, 2.24) is 9.97 Å². The number of hydrogen-bond donors (Lipinski definition) is 3. The monoisotopic (exact) mass is 293 g/mol. The molecule has 2 rings (SSSR count). The van der Waals surface area contributed by atoms with Crippen LogP contribution >= 0.6 is 0 Å². The van der Waals surface area contributed by atoms with Gasteiger partial charge in [0, 0.05) is 25.1 Å². The molecule has 0 radical (unpaired) electrons. The molecule has 0 amide bonds. The standard InChI is InChI=1S/C15H27N5O/c1-10(2)12-17-13(19-16)11(3)14(18-12)20(4)9-15(21)7-5-6-8-15/h10,21H,5-9,16H2,1-4H3,(H,17,18,19). The summed E-state index contributed by atoms with van der Waals surface area (Å²) in [6, 6.07) is 0. The number of aliphatic hydroxyl groups is 1. The van der Waals surface area contributed by atoms with Crippen LogP contribution in [0.4, 0.5) is 11.6 Å². The van der Waals surface area contributed by atoms with E-state index in [2.05, 4.69) is 29.2 Å². The lowest BCUT2D eigenvalue weighted by molar-refractivity contribution is 0.0557. The van der Waals surface area contributed by atoms with Crippen molar-refractivity contribution >= 4 is 11.6 Å². The summed E-state index contributed by atoms with van der Waals surface area (Å²) in [7, 11) is 1.97. The first-order valence-corrected chi connectivity index (χ1v) is 7.65. The summed E-state index contributed by atoms with van der Waals surface area (Å²) in [6.07, 6.45) is 3.92. The molecule has 0 unspecified atom stereocenters. The van der Waals surface area contributed by atoms with Crippen molar-refractivity contribution in [3.63, 3.8) is 0 Å². The Morgan fingerprint density at radius 3 is 2.48 bits per heavy atom. The van der Waals surface area contributed by atoms with Crippen molar-refractivity contribution in [2.24, 2.45) is 5.84 Å². The predicted molar refractivity (Wildman–Crippen MR) is 85.4 cm³/mol. The summed E-state index contributed by atoms with van der Waals surface area (Å²) in [4.78, 5) is 11.1. The van der Waals surface area contributed by atoms with Gasteiger partial charge >= 0.3 is 0 Å². The van der Waals surface area contributed by atoms with Gasteiger partial charge in [0.25, 0.3) is 0 Å². The molecule has 6 nitrogen and oxygen atoms in total. The van der Waals surface area contributed by atoms with Gasteiger partial charge in [0.1, 0.15) is 17.5 Å². The van der Waals surface area contributed by atoms with E-state index in [0.29, 0.717) is 12.4 Å². The van der Waals surface area contributed by atoms with Crippen LogP contribution in [-0.2, 0) is 0 Å². The highest BCUT2D eigenvalue weighted by Crippen LogP contribution is 2.32. The van der Waals surface area contributed by atoms with E-state index < -0.39 is 5.60 Å². The number of nitrogens with one attached hydrogen (secondary N) is 1. The van der Waals surface area contributed by atoms with Crippen LogP contribution in [0.25, 0.3) is 0 Å². The first-order chi connectivity index (χ1) is 9.86. The van der Waals surface area contributed by atoms with Crippen LogP contribution in [0.5, 0.6) is 0 Å². The summed E-state index contributed by atoms with van der Waals surface area (Å²) in [5.74, 6) is 8.03. The molecule has 6 heteroatoms. The van der Waals surface area contributed by atoms with Crippen LogP contribution in [0.3, 0.4) is 0 Å². The summed E-state index contributed by atoms with van der Waals surface area (Å²) in [5, 5.41) is 10.6. The summed E-state index contributed by atoms with van der Waals surface area (Å²) in [6.45, 7) is 6.65.